The highest BCUT2D eigenvalue weighted by molar-refractivity contribution is 7.37. The highest BCUT2D eigenvalue weighted by Gasteiger charge is 2.20. The lowest BCUT2D eigenvalue weighted by molar-refractivity contribution is 0.425. The van der Waals surface area contributed by atoms with E-state index in [1.807, 2.05) is 0 Å². The zero-order valence-electron chi connectivity index (χ0n) is 4.42. The lowest BCUT2D eigenvalue weighted by Gasteiger charge is -1.93. The fourth-order valence-corrected chi connectivity index (χ4v) is 1.08. The van der Waals surface area contributed by atoms with E-state index in [9.17, 15) is 0 Å². The van der Waals surface area contributed by atoms with Crippen molar-refractivity contribution in [1.82, 2.24) is 5.00 Å². The van der Waals surface area contributed by atoms with E-state index < -0.39 is 0 Å². The zero-order valence-corrected chi connectivity index (χ0v) is 5.42. The van der Waals surface area contributed by atoms with Gasteiger partial charge in [0, 0.05) is 6.16 Å². The van der Waals surface area contributed by atoms with Gasteiger partial charge in [0.1, 0.15) is 0 Å². The molecule has 1 unspecified atom stereocenters. The van der Waals surface area contributed by atoms with Gasteiger partial charge in [0.05, 0.1) is 12.7 Å². The molecule has 45 valence electrons. The fraction of sp³-hybridized carbons (Fsp3) is 1.00. The SMILES string of the molecule is O[B]NPC[C@@H]1CO1. The minimum atomic E-state index is 0.473. The summed E-state index contributed by atoms with van der Waals surface area (Å²) in [5.74, 6) is 0. The van der Waals surface area contributed by atoms with Crippen molar-refractivity contribution in [3.8, 4) is 0 Å². The van der Waals surface area contributed by atoms with Gasteiger partial charge in [-0.2, -0.15) is 0 Å². The third-order valence-electron chi connectivity index (χ3n) is 0.899. The molecule has 0 aliphatic carbocycles. The molecular weight excluding hydrogens is 124 g/mol. The molecule has 0 spiro atoms. The highest BCUT2D eigenvalue weighted by Crippen LogP contribution is 2.16. The summed E-state index contributed by atoms with van der Waals surface area (Å²) < 4.78 is 4.93. The maximum atomic E-state index is 8.13. The Morgan fingerprint density at radius 2 is 2.75 bits per heavy atom. The molecule has 1 heterocycles. The molecule has 1 fully saturated rings. The number of hydrogen-bond donors (Lipinski definition) is 2. The van der Waals surface area contributed by atoms with Crippen molar-refractivity contribution in [2.75, 3.05) is 12.8 Å². The van der Waals surface area contributed by atoms with E-state index in [4.69, 9.17) is 9.76 Å². The summed E-state index contributed by atoms with van der Waals surface area (Å²) in [7, 11) is 1.57. The van der Waals surface area contributed by atoms with Crippen molar-refractivity contribution in [2.24, 2.45) is 0 Å². The predicted octanol–water partition coefficient (Wildman–Crippen LogP) is -0.905. The van der Waals surface area contributed by atoms with Crippen molar-refractivity contribution in [3.05, 3.63) is 0 Å². The summed E-state index contributed by atoms with van der Waals surface area (Å²) in [6, 6.07) is 0. The molecule has 5 heteroatoms. The van der Waals surface area contributed by atoms with Crippen LogP contribution in [0.1, 0.15) is 0 Å². The Morgan fingerprint density at radius 1 is 2.00 bits per heavy atom. The second-order valence-corrected chi connectivity index (χ2v) is 2.66. The number of epoxide rings is 1. The second-order valence-electron chi connectivity index (χ2n) is 1.61. The van der Waals surface area contributed by atoms with Crippen LogP contribution in [0, 0.1) is 0 Å². The van der Waals surface area contributed by atoms with Gasteiger partial charge in [-0.3, -0.25) is 0 Å². The van der Waals surface area contributed by atoms with E-state index in [2.05, 4.69) is 5.00 Å². The number of nitrogens with one attached hydrogen (secondary N) is 1. The first kappa shape index (κ1) is 6.49. The van der Waals surface area contributed by atoms with Gasteiger partial charge in [-0.1, -0.05) is 8.73 Å². The summed E-state index contributed by atoms with van der Waals surface area (Å²) in [6.07, 6.45) is 1.50. The fourth-order valence-electron chi connectivity index (χ4n) is 0.404. The van der Waals surface area contributed by atoms with E-state index in [0.717, 1.165) is 20.4 Å². The summed E-state index contributed by atoms with van der Waals surface area (Å²) >= 11 is 0. The lowest BCUT2D eigenvalue weighted by Crippen LogP contribution is -2.08. The van der Waals surface area contributed by atoms with Gasteiger partial charge in [0.2, 0.25) is 0 Å². The van der Waals surface area contributed by atoms with Crippen LogP contribution in [-0.2, 0) is 4.74 Å². The van der Waals surface area contributed by atoms with Crippen LogP contribution in [0.5, 0.6) is 0 Å². The molecule has 0 aromatic rings. The predicted molar refractivity (Wildman–Crippen MR) is 34.0 cm³/mol. The van der Waals surface area contributed by atoms with Crippen LogP contribution in [0.4, 0.5) is 0 Å². The Bertz CT molecular complexity index is 70.3. The summed E-state index contributed by atoms with van der Waals surface area (Å²) in [4.78, 5) is 2.70. The van der Waals surface area contributed by atoms with Crippen LogP contribution in [0.15, 0.2) is 0 Å². The Kier molecular flexibility index (Phi) is 2.77. The number of hydrogen-bond acceptors (Lipinski definition) is 3. The normalized spacial score (nSPS) is 26.9. The molecule has 1 rings (SSSR count). The van der Waals surface area contributed by atoms with Gasteiger partial charge < -0.3 is 14.8 Å². The first-order chi connectivity index (χ1) is 3.93. The molecule has 0 amide bonds. The first-order valence-electron chi connectivity index (χ1n) is 2.49. The monoisotopic (exact) mass is 132 g/mol. The van der Waals surface area contributed by atoms with Gasteiger partial charge in [0.15, 0.2) is 0 Å². The maximum Gasteiger partial charge on any atom is 0.396 e. The largest absolute Gasteiger partial charge is 0.440 e. The molecule has 0 bridgehead atoms. The molecular formula is C3H8BNO2P. The van der Waals surface area contributed by atoms with E-state index in [0.29, 0.717) is 14.8 Å². The second kappa shape index (κ2) is 3.41. The molecule has 3 nitrogen and oxygen atoms in total. The Hall–Kier alpha value is 0.375. The van der Waals surface area contributed by atoms with Crippen molar-refractivity contribution in [1.29, 1.82) is 0 Å². The molecule has 1 saturated heterocycles. The number of ether oxygens (including phenoxy) is 1. The molecule has 2 N–H and O–H groups in total. The van der Waals surface area contributed by atoms with Crippen LogP contribution >= 0.6 is 8.73 Å². The third kappa shape index (κ3) is 2.63. The van der Waals surface area contributed by atoms with Gasteiger partial charge in [-0.05, 0) is 0 Å². The Balaban J connectivity index is 1.74. The van der Waals surface area contributed by atoms with E-state index in [1.165, 1.54) is 0 Å². The van der Waals surface area contributed by atoms with Gasteiger partial charge >= 0.3 is 7.62 Å². The molecule has 0 aromatic heterocycles. The summed E-state index contributed by atoms with van der Waals surface area (Å²) in [5.41, 5.74) is 0. The maximum absolute atomic E-state index is 8.13. The quantitative estimate of drug-likeness (QED) is 0.225. The van der Waals surface area contributed by atoms with E-state index >= 15 is 0 Å². The minimum absolute atomic E-state index is 0.473. The smallest absolute Gasteiger partial charge is 0.396 e. The number of rotatable bonds is 4. The van der Waals surface area contributed by atoms with E-state index in [-0.39, 0.29) is 0 Å². The Morgan fingerprint density at radius 3 is 3.25 bits per heavy atom. The minimum Gasteiger partial charge on any atom is -0.440 e. The van der Waals surface area contributed by atoms with Crippen LogP contribution in [0.3, 0.4) is 0 Å². The zero-order chi connectivity index (χ0) is 5.82. The molecule has 1 aliphatic heterocycles. The highest BCUT2D eigenvalue weighted by atomic mass is 31.1. The van der Waals surface area contributed by atoms with Crippen LogP contribution in [-0.4, -0.2) is 31.5 Å². The average Bonchev–Trinajstić information content (AvgIpc) is 2.51. The van der Waals surface area contributed by atoms with Crippen molar-refractivity contribution >= 4 is 16.3 Å². The lowest BCUT2D eigenvalue weighted by atomic mass is 10.4. The molecule has 8 heavy (non-hydrogen) atoms. The molecule has 0 saturated carbocycles. The van der Waals surface area contributed by atoms with Crippen LogP contribution in [0.2, 0.25) is 0 Å². The molecule has 2 atom stereocenters. The molecule has 1 radical (unpaired) electrons. The van der Waals surface area contributed by atoms with E-state index in [1.54, 1.807) is 0 Å². The van der Waals surface area contributed by atoms with Gasteiger partial charge in [0.25, 0.3) is 0 Å². The standard InChI is InChI=1S/C3H8BNO2P/c6-4-5-8-2-3-1-7-3/h3,5-6,8H,1-2H2/t3-/m0/s1. The van der Waals surface area contributed by atoms with Crippen molar-refractivity contribution < 1.29 is 9.76 Å². The summed E-state index contributed by atoms with van der Waals surface area (Å²) in [6.45, 7) is 0.903. The van der Waals surface area contributed by atoms with Crippen molar-refractivity contribution in [3.63, 3.8) is 0 Å². The van der Waals surface area contributed by atoms with Crippen LogP contribution in [0.25, 0.3) is 0 Å². The van der Waals surface area contributed by atoms with Gasteiger partial charge in [-0.25, -0.2) is 0 Å². The first-order valence-corrected chi connectivity index (χ1v) is 3.70. The Labute approximate surface area is 50.9 Å². The average molecular weight is 132 g/mol. The molecule has 0 aromatic carbocycles. The topological polar surface area (TPSA) is 44.8 Å². The van der Waals surface area contributed by atoms with Crippen LogP contribution < -0.4 is 5.00 Å². The van der Waals surface area contributed by atoms with Crippen molar-refractivity contribution in [2.45, 2.75) is 6.10 Å². The van der Waals surface area contributed by atoms with Gasteiger partial charge in [-0.15, -0.1) is 0 Å². The molecule has 1 aliphatic rings. The summed E-state index contributed by atoms with van der Waals surface area (Å²) in [5, 5.41) is 8.13. The third-order valence-corrected chi connectivity index (χ3v) is 1.89.